The Morgan fingerprint density at radius 1 is 1.07 bits per heavy atom. The molecule has 4 nitrogen and oxygen atoms in total. The summed E-state index contributed by atoms with van der Waals surface area (Å²) in [5.74, 6) is 1.05. The zero-order valence-corrected chi connectivity index (χ0v) is 27.4. The van der Waals surface area contributed by atoms with Crippen molar-refractivity contribution in [3.8, 4) is 0 Å². The van der Waals surface area contributed by atoms with Gasteiger partial charge in [-0.2, -0.15) is 0 Å². The third-order valence-corrected chi connectivity index (χ3v) is 17.4. The maximum absolute atomic E-state index is 12.2. The Hall–Kier alpha value is -1.85. The van der Waals surface area contributed by atoms with E-state index in [1.807, 2.05) is 6.92 Å². The van der Waals surface area contributed by atoms with Gasteiger partial charge in [0.25, 0.3) is 0 Å². The number of carbonyl (C=O) groups excluding carboxylic acids is 1. The average Bonchev–Trinajstić information content (AvgIpc) is 3.47. The van der Waals surface area contributed by atoms with Crippen LogP contribution < -0.4 is 0 Å². The van der Waals surface area contributed by atoms with Crippen molar-refractivity contribution in [2.24, 2.45) is 22.7 Å². The van der Waals surface area contributed by atoms with Crippen molar-refractivity contribution in [3.05, 3.63) is 47.2 Å². The first-order valence-corrected chi connectivity index (χ1v) is 18.6. The number of benzene rings is 1. The van der Waals surface area contributed by atoms with E-state index in [9.17, 15) is 4.79 Å². The molecule has 0 saturated heterocycles. The molecule has 0 unspecified atom stereocenters. The number of methoxy groups -OCH3 is 1. The predicted octanol–water partition coefficient (Wildman–Crippen LogP) is 9.10. The molecule has 5 heteroatoms. The Morgan fingerprint density at radius 2 is 1.77 bits per heavy atom. The van der Waals surface area contributed by atoms with E-state index < -0.39 is 8.32 Å². The van der Waals surface area contributed by atoms with E-state index in [0.717, 1.165) is 24.8 Å². The molecule has 2 aromatic rings. The number of carbonyl (C=O) groups is 1. The third-order valence-electron chi connectivity index (χ3n) is 12.8. The lowest BCUT2D eigenvalue weighted by molar-refractivity contribution is -0.161. The van der Waals surface area contributed by atoms with Crippen molar-refractivity contribution in [2.45, 2.75) is 123 Å². The summed E-state index contributed by atoms with van der Waals surface area (Å²) in [6.07, 6.45) is 10.4. The predicted molar refractivity (Wildman–Crippen MR) is 168 cm³/mol. The number of aromatic nitrogens is 1. The van der Waals surface area contributed by atoms with Gasteiger partial charge in [0.2, 0.25) is 0 Å². The molecule has 1 heterocycles. The zero-order valence-electron chi connectivity index (χ0n) is 26.4. The van der Waals surface area contributed by atoms with Gasteiger partial charge in [0.1, 0.15) is 0 Å². The standard InChI is InChI=1S/C35H53NO3Si/c1-9-40(10-2,11-3)39-30-20-22-34(6)29(33(30,5)21-14-15-24(4)32(37)38-8)19-18-25-23-27-26-16-12-13-17-28(26)36-31(27)35(25,34)7/h12-13,15-17,25,29-30,36H,9-11,14,18-23H2,1-8H3/b24-15+/t25-,29-,30-,33-,34-,35+/m0/s1. The summed E-state index contributed by atoms with van der Waals surface area (Å²) in [5, 5.41) is 1.43. The molecule has 0 spiro atoms. The Balaban J connectivity index is 1.56. The van der Waals surface area contributed by atoms with Gasteiger partial charge in [-0.3, -0.25) is 0 Å². The lowest BCUT2D eigenvalue weighted by Crippen LogP contribution is -2.63. The van der Waals surface area contributed by atoms with Gasteiger partial charge >= 0.3 is 5.97 Å². The number of hydrogen-bond acceptors (Lipinski definition) is 3. The van der Waals surface area contributed by atoms with Crippen molar-refractivity contribution < 1.29 is 14.0 Å². The number of esters is 1. The van der Waals surface area contributed by atoms with Gasteiger partial charge < -0.3 is 14.1 Å². The van der Waals surface area contributed by atoms with Crippen LogP contribution >= 0.6 is 0 Å². The van der Waals surface area contributed by atoms with Gasteiger partial charge in [-0.1, -0.05) is 65.8 Å². The van der Waals surface area contributed by atoms with Gasteiger partial charge in [-0.25, -0.2) is 4.79 Å². The zero-order chi connectivity index (χ0) is 28.9. The van der Waals surface area contributed by atoms with Crippen LogP contribution in [0.5, 0.6) is 0 Å². The van der Waals surface area contributed by atoms with Crippen LogP contribution in [-0.4, -0.2) is 32.5 Å². The van der Waals surface area contributed by atoms with Crippen molar-refractivity contribution in [1.82, 2.24) is 4.98 Å². The summed E-state index contributed by atoms with van der Waals surface area (Å²) < 4.78 is 12.4. The third kappa shape index (κ3) is 4.28. The number of fused-ring (bicyclic) bond motifs is 7. The first-order valence-electron chi connectivity index (χ1n) is 16.1. The molecule has 0 aliphatic heterocycles. The fraction of sp³-hybridized carbons (Fsp3) is 0.686. The highest BCUT2D eigenvalue weighted by Crippen LogP contribution is 2.70. The van der Waals surface area contributed by atoms with E-state index in [0.29, 0.717) is 11.8 Å². The fourth-order valence-electron chi connectivity index (χ4n) is 9.85. The van der Waals surface area contributed by atoms with Crippen LogP contribution in [-0.2, 0) is 25.8 Å². The smallest absolute Gasteiger partial charge is 0.333 e. The normalized spacial score (nSPS) is 33.9. The molecule has 1 aromatic heterocycles. The van der Waals surface area contributed by atoms with Crippen LogP contribution in [0.1, 0.15) is 98.2 Å². The molecule has 6 atom stereocenters. The van der Waals surface area contributed by atoms with Crippen LogP contribution in [0, 0.1) is 22.7 Å². The van der Waals surface area contributed by atoms with Crippen molar-refractivity contribution in [1.29, 1.82) is 0 Å². The van der Waals surface area contributed by atoms with Crippen LogP contribution in [0.2, 0.25) is 18.1 Å². The number of H-pyrrole nitrogens is 1. The Bertz CT molecular complexity index is 1270. The number of para-hydroxylation sites is 1. The van der Waals surface area contributed by atoms with Crippen molar-refractivity contribution in [2.75, 3.05) is 7.11 Å². The number of nitrogens with one attached hydrogen (secondary N) is 1. The molecular formula is C35H53NO3Si. The summed E-state index contributed by atoms with van der Waals surface area (Å²) >= 11 is 0. The van der Waals surface area contributed by atoms with Crippen molar-refractivity contribution >= 4 is 25.2 Å². The molecule has 1 aromatic carbocycles. The number of ether oxygens (including phenoxy) is 1. The number of allylic oxidation sites excluding steroid dienone is 1. The highest BCUT2D eigenvalue weighted by atomic mass is 28.4. The second kappa shape index (κ2) is 10.8. The summed E-state index contributed by atoms with van der Waals surface area (Å²) in [7, 11) is -0.307. The molecule has 5 rings (SSSR count). The summed E-state index contributed by atoms with van der Waals surface area (Å²) in [4.78, 5) is 16.1. The van der Waals surface area contributed by atoms with Gasteiger partial charge in [0.15, 0.2) is 8.32 Å². The number of hydrogen-bond donors (Lipinski definition) is 1. The summed E-state index contributed by atoms with van der Waals surface area (Å²) in [5.41, 5.74) is 5.49. The van der Waals surface area contributed by atoms with Gasteiger partial charge in [-0.15, -0.1) is 0 Å². The molecule has 3 aliphatic rings. The maximum Gasteiger partial charge on any atom is 0.333 e. The monoisotopic (exact) mass is 563 g/mol. The molecule has 0 radical (unpaired) electrons. The van der Waals surface area contributed by atoms with E-state index in [4.69, 9.17) is 9.16 Å². The SMILES string of the molecule is CC[Si](CC)(CC)O[C@H]1CC[C@@]2(C)[C@@H](CC[C@H]3Cc4c([nH]c5ccccc45)[C@@]32C)[C@]1(C)CC/C=C(\C)C(=O)OC. The number of aromatic amines is 1. The number of rotatable bonds is 9. The van der Waals surface area contributed by atoms with E-state index in [-0.39, 0.29) is 28.3 Å². The van der Waals surface area contributed by atoms with E-state index in [1.54, 1.807) is 5.56 Å². The Labute approximate surface area is 243 Å². The topological polar surface area (TPSA) is 51.3 Å². The van der Waals surface area contributed by atoms with Crippen LogP contribution in [0.3, 0.4) is 0 Å². The largest absolute Gasteiger partial charge is 0.466 e. The summed E-state index contributed by atoms with van der Waals surface area (Å²) in [6.45, 7) is 16.8. The highest BCUT2D eigenvalue weighted by Gasteiger charge is 2.67. The van der Waals surface area contributed by atoms with E-state index in [1.165, 1.54) is 67.5 Å². The highest BCUT2D eigenvalue weighted by molar-refractivity contribution is 6.73. The minimum absolute atomic E-state index is 0.0560. The second-order valence-corrected chi connectivity index (χ2v) is 18.7. The quantitative estimate of drug-likeness (QED) is 0.188. The fourth-order valence-corrected chi connectivity index (χ4v) is 12.8. The van der Waals surface area contributed by atoms with Crippen LogP contribution in [0.15, 0.2) is 35.9 Å². The first-order chi connectivity index (χ1) is 19.0. The first kappa shape index (κ1) is 29.6. The Morgan fingerprint density at radius 3 is 2.45 bits per heavy atom. The average molecular weight is 564 g/mol. The van der Waals surface area contributed by atoms with Gasteiger partial charge in [0.05, 0.1) is 13.2 Å². The minimum Gasteiger partial charge on any atom is -0.466 e. The molecule has 40 heavy (non-hydrogen) atoms. The van der Waals surface area contributed by atoms with Crippen LogP contribution in [0.25, 0.3) is 10.9 Å². The maximum atomic E-state index is 12.2. The van der Waals surface area contributed by atoms with Gasteiger partial charge in [0, 0.05) is 27.6 Å². The molecule has 1 N–H and O–H groups in total. The summed E-state index contributed by atoms with van der Waals surface area (Å²) in [6, 6.07) is 12.5. The lowest BCUT2D eigenvalue weighted by Gasteiger charge is -2.66. The van der Waals surface area contributed by atoms with Crippen molar-refractivity contribution in [3.63, 3.8) is 0 Å². The molecule has 3 aliphatic carbocycles. The second-order valence-electron chi connectivity index (χ2n) is 14.0. The molecule has 0 bridgehead atoms. The molecule has 2 saturated carbocycles. The lowest BCUT2D eigenvalue weighted by atomic mass is 9.40. The molecule has 2 fully saturated rings. The van der Waals surface area contributed by atoms with Gasteiger partial charge in [-0.05, 0) is 104 Å². The van der Waals surface area contributed by atoms with E-state index >= 15 is 0 Å². The molecule has 0 amide bonds. The van der Waals surface area contributed by atoms with Crippen LogP contribution in [0.4, 0.5) is 0 Å². The van der Waals surface area contributed by atoms with E-state index in [2.05, 4.69) is 76.9 Å². The molecular weight excluding hydrogens is 510 g/mol. The Kier molecular flexibility index (Phi) is 7.97. The molecule has 220 valence electrons. The minimum atomic E-state index is -1.78.